The van der Waals surface area contributed by atoms with Crippen molar-refractivity contribution >= 4 is 23.9 Å². The van der Waals surface area contributed by atoms with Crippen molar-refractivity contribution in [2.75, 3.05) is 26.9 Å². The van der Waals surface area contributed by atoms with Crippen LogP contribution in [-0.4, -0.2) is 73.2 Å². The van der Waals surface area contributed by atoms with E-state index in [0.717, 1.165) is 0 Å². The lowest BCUT2D eigenvalue weighted by molar-refractivity contribution is -0.151. The maximum atomic E-state index is 12.0. The molecule has 1 aromatic carbocycles. The third-order valence-corrected chi connectivity index (χ3v) is 3.84. The maximum absolute atomic E-state index is 12.0. The fourth-order valence-corrected chi connectivity index (χ4v) is 1.99. The van der Waals surface area contributed by atoms with Crippen molar-refractivity contribution in [1.82, 2.24) is 0 Å². The summed E-state index contributed by atoms with van der Waals surface area (Å²) in [5, 5.41) is 19.1. The molecule has 1 aromatic rings. The molecule has 0 spiro atoms. The third kappa shape index (κ3) is 9.48. The second-order valence-electron chi connectivity index (χ2n) is 6.25. The number of esters is 4. The fraction of sp³-hybridized carbons (Fsp3) is 0.500. The van der Waals surface area contributed by atoms with Gasteiger partial charge >= 0.3 is 23.9 Å². The van der Waals surface area contributed by atoms with E-state index >= 15 is 0 Å². The zero-order chi connectivity index (χ0) is 22.5. The summed E-state index contributed by atoms with van der Waals surface area (Å²) < 4.78 is 19.0. The Morgan fingerprint density at radius 1 is 0.767 bits per heavy atom. The molecule has 0 bridgehead atoms. The number of rotatable bonds is 12. The number of methoxy groups -OCH3 is 1. The van der Waals surface area contributed by atoms with Crippen molar-refractivity contribution in [1.29, 1.82) is 0 Å². The summed E-state index contributed by atoms with van der Waals surface area (Å²) in [5.41, 5.74) is 0.344. The zero-order valence-electron chi connectivity index (χ0n) is 16.9. The Bertz CT molecular complexity index is 713. The lowest BCUT2D eigenvalue weighted by Crippen LogP contribution is -2.25. The lowest BCUT2D eigenvalue weighted by Gasteiger charge is -2.12. The van der Waals surface area contributed by atoms with Crippen LogP contribution in [0.15, 0.2) is 24.3 Å². The van der Waals surface area contributed by atoms with Crippen LogP contribution in [-0.2, 0) is 28.5 Å². The van der Waals surface area contributed by atoms with Crippen molar-refractivity contribution in [2.45, 2.75) is 38.4 Å². The Morgan fingerprint density at radius 3 is 1.67 bits per heavy atom. The molecule has 0 fully saturated rings. The van der Waals surface area contributed by atoms with Crippen LogP contribution in [0.2, 0.25) is 0 Å². The zero-order valence-corrected chi connectivity index (χ0v) is 16.9. The standard InChI is InChI=1S/C20H26O10/c1-3-15(21)10-29-19(25)13-4-6-14(7-5-13)20(26)30-12-16(22)11-28-18(24)9-8-17(23)27-2/h4-7,15-16,21-22H,3,8-12H2,1-2H3. The van der Waals surface area contributed by atoms with Gasteiger partial charge < -0.3 is 29.2 Å². The monoisotopic (exact) mass is 426 g/mol. The van der Waals surface area contributed by atoms with E-state index in [2.05, 4.69) is 4.74 Å². The molecule has 0 aliphatic carbocycles. The second kappa shape index (κ2) is 13.3. The Balaban J connectivity index is 2.37. The molecule has 2 N–H and O–H groups in total. The largest absolute Gasteiger partial charge is 0.469 e. The van der Waals surface area contributed by atoms with E-state index in [4.69, 9.17) is 14.2 Å². The highest BCUT2D eigenvalue weighted by Crippen LogP contribution is 2.09. The Labute approximate surface area is 173 Å². The maximum Gasteiger partial charge on any atom is 0.338 e. The number of hydrogen-bond acceptors (Lipinski definition) is 10. The molecule has 2 unspecified atom stereocenters. The molecule has 10 heteroatoms. The molecule has 0 heterocycles. The van der Waals surface area contributed by atoms with Gasteiger partial charge in [-0.05, 0) is 30.7 Å². The minimum Gasteiger partial charge on any atom is -0.469 e. The molecule has 10 nitrogen and oxygen atoms in total. The normalized spacial score (nSPS) is 12.4. The van der Waals surface area contributed by atoms with Gasteiger partial charge in [-0.15, -0.1) is 0 Å². The molecule has 166 valence electrons. The molecule has 2 atom stereocenters. The Hall–Kier alpha value is -2.98. The van der Waals surface area contributed by atoms with Gasteiger partial charge in [0.05, 0.1) is 37.2 Å². The molecule has 0 aromatic heterocycles. The molecule has 0 aliphatic rings. The lowest BCUT2D eigenvalue weighted by atomic mass is 10.1. The van der Waals surface area contributed by atoms with E-state index in [9.17, 15) is 29.4 Å². The SMILES string of the molecule is CCC(O)COC(=O)c1ccc(C(=O)OCC(O)COC(=O)CCC(=O)OC)cc1. The molecular formula is C20H26O10. The van der Waals surface area contributed by atoms with Crippen molar-refractivity contribution < 1.29 is 48.3 Å². The molecular weight excluding hydrogens is 400 g/mol. The van der Waals surface area contributed by atoms with Gasteiger partial charge in [-0.2, -0.15) is 0 Å². The first kappa shape index (κ1) is 25.1. The first-order chi connectivity index (χ1) is 14.3. The quantitative estimate of drug-likeness (QED) is 0.360. The van der Waals surface area contributed by atoms with E-state index in [0.29, 0.717) is 6.42 Å². The van der Waals surface area contributed by atoms with Crippen LogP contribution in [0, 0.1) is 0 Å². The highest BCUT2D eigenvalue weighted by Gasteiger charge is 2.15. The van der Waals surface area contributed by atoms with Crippen molar-refractivity contribution in [3.63, 3.8) is 0 Å². The third-order valence-electron chi connectivity index (χ3n) is 3.84. The topological polar surface area (TPSA) is 146 Å². The number of benzene rings is 1. The number of aliphatic hydroxyl groups excluding tert-OH is 2. The number of ether oxygens (including phenoxy) is 4. The van der Waals surface area contributed by atoms with Gasteiger partial charge in [-0.1, -0.05) is 6.92 Å². The first-order valence-electron chi connectivity index (χ1n) is 9.29. The summed E-state index contributed by atoms with van der Waals surface area (Å²) in [7, 11) is 1.20. The van der Waals surface area contributed by atoms with Crippen LogP contribution < -0.4 is 0 Å². The van der Waals surface area contributed by atoms with Crippen LogP contribution >= 0.6 is 0 Å². The first-order valence-corrected chi connectivity index (χ1v) is 9.29. The number of hydrogen-bond donors (Lipinski definition) is 2. The van der Waals surface area contributed by atoms with E-state index in [1.54, 1.807) is 6.92 Å². The van der Waals surface area contributed by atoms with Crippen LogP contribution in [0.1, 0.15) is 46.9 Å². The van der Waals surface area contributed by atoms with Gasteiger partial charge in [-0.3, -0.25) is 9.59 Å². The predicted molar refractivity (Wildman–Crippen MR) is 102 cm³/mol. The molecule has 0 aliphatic heterocycles. The fourth-order valence-electron chi connectivity index (χ4n) is 1.99. The van der Waals surface area contributed by atoms with Gasteiger partial charge in [0.15, 0.2) is 0 Å². The van der Waals surface area contributed by atoms with Crippen LogP contribution in [0.25, 0.3) is 0 Å². The number of carbonyl (C=O) groups excluding carboxylic acids is 4. The summed E-state index contributed by atoms with van der Waals surface area (Å²) in [4.78, 5) is 46.2. The van der Waals surface area contributed by atoms with Crippen molar-refractivity contribution in [2.24, 2.45) is 0 Å². The minimum atomic E-state index is -1.24. The summed E-state index contributed by atoms with van der Waals surface area (Å²) in [5.74, 6) is -2.63. The highest BCUT2D eigenvalue weighted by molar-refractivity contribution is 5.93. The van der Waals surface area contributed by atoms with E-state index in [1.165, 1.54) is 31.4 Å². The molecule has 0 radical (unpaired) electrons. The van der Waals surface area contributed by atoms with E-state index in [1.807, 2.05) is 0 Å². The van der Waals surface area contributed by atoms with Crippen LogP contribution in [0.4, 0.5) is 0 Å². The molecule has 0 amide bonds. The van der Waals surface area contributed by atoms with Gasteiger partial charge in [0, 0.05) is 0 Å². The van der Waals surface area contributed by atoms with Gasteiger partial charge in [0.25, 0.3) is 0 Å². The minimum absolute atomic E-state index is 0.121. The average molecular weight is 426 g/mol. The van der Waals surface area contributed by atoms with E-state index in [-0.39, 0.29) is 30.6 Å². The smallest absolute Gasteiger partial charge is 0.338 e. The molecule has 0 saturated heterocycles. The highest BCUT2D eigenvalue weighted by atomic mass is 16.6. The van der Waals surface area contributed by atoms with Gasteiger partial charge in [0.2, 0.25) is 0 Å². The molecule has 30 heavy (non-hydrogen) atoms. The number of aliphatic hydroxyl groups is 2. The van der Waals surface area contributed by atoms with E-state index < -0.39 is 49.3 Å². The second-order valence-corrected chi connectivity index (χ2v) is 6.25. The summed E-state index contributed by atoms with van der Waals surface area (Å²) in [6.45, 7) is 0.818. The Kier molecular flexibility index (Phi) is 11.1. The van der Waals surface area contributed by atoms with Gasteiger partial charge in [0.1, 0.15) is 25.9 Å². The summed E-state index contributed by atoms with van der Waals surface area (Å²) in [6, 6.07) is 5.45. The van der Waals surface area contributed by atoms with Crippen molar-refractivity contribution in [3.05, 3.63) is 35.4 Å². The van der Waals surface area contributed by atoms with Crippen molar-refractivity contribution in [3.8, 4) is 0 Å². The van der Waals surface area contributed by atoms with Crippen LogP contribution in [0.3, 0.4) is 0 Å². The van der Waals surface area contributed by atoms with Gasteiger partial charge in [-0.25, -0.2) is 9.59 Å². The Morgan fingerprint density at radius 2 is 1.20 bits per heavy atom. The van der Waals surface area contributed by atoms with Crippen LogP contribution in [0.5, 0.6) is 0 Å². The molecule has 1 rings (SSSR count). The molecule has 0 saturated carbocycles. The summed E-state index contributed by atoms with van der Waals surface area (Å²) in [6.07, 6.45) is -1.84. The predicted octanol–water partition coefficient (Wildman–Crippen LogP) is 0.628. The number of carbonyl (C=O) groups is 4. The summed E-state index contributed by atoms with van der Waals surface area (Å²) >= 11 is 0. The average Bonchev–Trinajstić information content (AvgIpc) is 2.77.